The number of rotatable bonds is 5. The number of aliphatic imine (C=N–C) groups is 1. The largest absolute Gasteiger partial charge is 0.382 e. The van der Waals surface area contributed by atoms with E-state index in [1.807, 2.05) is 19.1 Å². The van der Waals surface area contributed by atoms with Gasteiger partial charge >= 0.3 is 0 Å². The normalized spacial score (nSPS) is 13.2. The molecule has 0 heterocycles. The van der Waals surface area contributed by atoms with Crippen molar-refractivity contribution in [3.63, 3.8) is 0 Å². The first-order valence-corrected chi connectivity index (χ1v) is 6.09. The molecule has 0 saturated carbocycles. The van der Waals surface area contributed by atoms with E-state index in [9.17, 15) is 0 Å². The van der Waals surface area contributed by atoms with Crippen molar-refractivity contribution in [3.8, 4) is 0 Å². The molecule has 0 bridgehead atoms. The van der Waals surface area contributed by atoms with E-state index in [0.717, 1.165) is 12.1 Å². The molecule has 0 amide bonds. The topological polar surface area (TPSA) is 71.7 Å². The molecule has 0 fully saturated rings. The molecule has 0 aliphatic heterocycles. The molecule has 100 valence electrons. The van der Waals surface area contributed by atoms with Crippen molar-refractivity contribution < 1.29 is 4.74 Å². The highest BCUT2D eigenvalue weighted by molar-refractivity contribution is 5.93. The quantitative estimate of drug-likeness (QED) is 0.321. The van der Waals surface area contributed by atoms with Gasteiger partial charge < -0.3 is 10.1 Å². The van der Waals surface area contributed by atoms with E-state index in [1.54, 1.807) is 7.11 Å². The van der Waals surface area contributed by atoms with Crippen molar-refractivity contribution >= 4 is 11.6 Å². The predicted molar refractivity (Wildman–Crippen MR) is 75.5 cm³/mol. The van der Waals surface area contributed by atoms with Gasteiger partial charge in [0.25, 0.3) is 0 Å². The summed E-state index contributed by atoms with van der Waals surface area (Å²) in [6.45, 7) is 4.65. The van der Waals surface area contributed by atoms with Crippen LogP contribution in [0.4, 0.5) is 5.69 Å². The van der Waals surface area contributed by atoms with Gasteiger partial charge in [-0.25, -0.2) is 10.8 Å². The average Bonchev–Trinajstić information content (AvgIpc) is 2.39. The minimum atomic E-state index is 0.0449. The molecule has 1 aromatic carbocycles. The number of nitrogens with two attached hydrogens (primary N) is 1. The minimum Gasteiger partial charge on any atom is -0.382 e. The highest BCUT2D eigenvalue weighted by Crippen LogP contribution is 2.09. The molecule has 0 spiro atoms. The van der Waals surface area contributed by atoms with Gasteiger partial charge in [-0.05, 0) is 31.0 Å². The standard InChI is InChI=1S/C13H22N4O/c1-4-11-5-7-12(8-6-11)16-13(17-14)15-10(2)9-18-3/h5-8,10H,4,9,14H2,1-3H3,(H2,15,16,17). The number of anilines is 1. The lowest BCUT2D eigenvalue weighted by Crippen LogP contribution is -2.37. The molecule has 1 aromatic rings. The maximum atomic E-state index is 5.44. The Bertz CT molecular complexity index is 375. The molecule has 5 nitrogen and oxygen atoms in total. The Hall–Kier alpha value is -1.59. The van der Waals surface area contributed by atoms with Crippen LogP contribution in [0.1, 0.15) is 19.4 Å². The molecule has 0 radical (unpaired) electrons. The lowest BCUT2D eigenvalue weighted by Gasteiger charge is -2.12. The maximum absolute atomic E-state index is 5.44. The Labute approximate surface area is 108 Å². The summed E-state index contributed by atoms with van der Waals surface area (Å²) in [5, 5.41) is 3.13. The molecule has 1 unspecified atom stereocenters. The van der Waals surface area contributed by atoms with Crippen LogP contribution in [-0.4, -0.2) is 25.7 Å². The van der Waals surface area contributed by atoms with E-state index in [0.29, 0.717) is 12.6 Å². The summed E-state index contributed by atoms with van der Waals surface area (Å²) in [7, 11) is 1.65. The van der Waals surface area contributed by atoms with Crippen LogP contribution >= 0.6 is 0 Å². The second kappa shape index (κ2) is 7.68. The zero-order valence-corrected chi connectivity index (χ0v) is 11.2. The minimum absolute atomic E-state index is 0.0449. The fraction of sp³-hybridized carbons (Fsp3) is 0.462. The molecule has 18 heavy (non-hydrogen) atoms. The Morgan fingerprint density at radius 2 is 2.06 bits per heavy atom. The summed E-state index contributed by atoms with van der Waals surface area (Å²) in [6.07, 6.45) is 1.03. The fourth-order valence-electron chi connectivity index (χ4n) is 1.56. The number of benzene rings is 1. The summed E-state index contributed by atoms with van der Waals surface area (Å²) < 4.78 is 5.03. The summed E-state index contributed by atoms with van der Waals surface area (Å²) >= 11 is 0. The van der Waals surface area contributed by atoms with Crippen LogP contribution in [0.2, 0.25) is 0 Å². The Morgan fingerprint density at radius 1 is 1.39 bits per heavy atom. The third-order valence-electron chi connectivity index (χ3n) is 2.52. The van der Waals surface area contributed by atoms with Crippen molar-refractivity contribution in [3.05, 3.63) is 29.8 Å². The van der Waals surface area contributed by atoms with Gasteiger partial charge in [-0.1, -0.05) is 19.1 Å². The predicted octanol–water partition coefficient (Wildman–Crippen LogP) is 1.52. The third-order valence-corrected chi connectivity index (χ3v) is 2.52. The van der Waals surface area contributed by atoms with Gasteiger partial charge in [0, 0.05) is 12.8 Å². The summed E-state index contributed by atoms with van der Waals surface area (Å²) in [5.74, 6) is 5.97. The first-order valence-electron chi connectivity index (χ1n) is 6.09. The molecular weight excluding hydrogens is 228 g/mol. The molecule has 0 aliphatic rings. The van der Waals surface area contributed by atoms with E-state index in [2.05, 4.69) is 34.8 Å². The molecule has 1 atom stereocenters. The molecule has 1 rings (SSSR count). The van der Waals surface area contributed by atoms with Gasteiger partial charge in [0.1, 0.15) is 0 Å². The van der Waals surface area contributed by atoms with Crippen LogP contribution < -0.4 is 16.6 Å². The van der Waals surface area contributed by atoms with Gasteiger partial charge in [0.2, 0.25) is 5.96 Å². The second-order valence-corrected chi connectivity index (χ2v) is 4.10. The van der Waals surface area contributed by atoms with Gasteiger partial charge in [-0.2, -0.15) is 0 Å². The van der Waals surface area contributed by atoms with Gasteiger partial charge in [0.05, 0.1) is 12.6 Å². The highest BCUT2D eigenvalue weighted by Gasteiger charge is 2.02. The number of nitrogens with zero attached hydrogens (tertiary/aromatic N) is 1. The van der Waals surface area contributed by atoms with Crippen molar-refractivity contribution in [2.45, 2.75) is 26.3 Å². The number of aryl methyl sites for hydroxylation is 1. The van der Waals surface area contributed by atoms with Crippen LogP contribution in [0, 0.1) is 0 Å². The maximum Gasteiger partial charge on any atom is 0.210 e. The fourth-order valence-corrected chi connectivity index (χ4v) is 1.56. The van der Waals surface area contributed by atoms with Gasteiger partial charge in [-0.3, -0.25) is 5.43 Å². The van der Waals surface area contributed by atoms with Crippen LogP contribution in [0.15, 0.2) is 29.3 Å². The van der Waals surface area contributed by atoms with Crippen molar-refractivity contribution in [2.75, 3.05) is 19.0 Å². The third kappa shape index (κ3) is 4.73. The Morgan fingerprint density at radius 3 is 2.56 bits per heavy atom. The first-order chi connectivity index (χ1) is 8.69. The number of hydrogen-bond donors (Lipinski definition) is 3. The summed E-state index contributed by atoms with van der Waals surface area (Å²) in [4.78, 5) is 4.37. The number of methoxy groups -OCH3 is 1. The Balaban J connectivity index is 2.66. The number of guanidine groups is 1. The molecular formula is C13H22N4O. The number of ether oxygens (including phenoxy) is 1. The number of hydrogen-bond acceptors (Lipinski definition) is 3. The molecule has 4 N–H and O–H groups in total. The smallest absolute Gasteiger partial charge is 0.210 e. The molecule has 0 saturated heterocycles. The Kier molecular flexibility index (Phi) is 6.18. The second-order valence-electron chi connectivity index (χ2n) is 4.10. The average molecular weight is 250 g/mol. The van der Waals surface area contributed by atoms with Crippen LogP contribution in [0.25, 0.3) is 0 Å². The van der Waals surface area contributed by atoms with Crippen molar-refractivity contribution in [2.24, 2.45) is 10.8 Å². The zero-order valence-electron chi connectivity index (χ0n) is 11.2. The van der Waals surface area contributed by atoms with Gasteiger partial charge in [0.15, 0.2) is 0 Å². The summed E-state index contributed by atoms with van der Waals surface area (Å²) in [6, 6.07) is 8.21. The van der Waals surface area contributed by atoms with Gasteiger partial charge in [-0.15, -0.1) is 0 Å². The molecule has 5 heteroatoms. The lowest BCUT2D eigenvalue weighted by atomic mass is 10.1. The lowest BCUT2D eigenvalue weighted by molar-refractivity contribution is 0.185. The first kappa shape index (κ1) is 14.5. The van der Waals surface area contributed by atoms with E-state index >= 15 is 0 Å². The van der Waals surface area contributed by atoms with E-state index in [1.165, 1.54) is 5.56 Å². The van der Waals surface area contributed by atoms with Crippen LogP contribution in [0.3, 0.4) is 0 Å². The van der Waals surface area contributed by atoms with Crippen LogP contribution in [0.5, 0.6) is 0 Å². The van der Waals surface area contributed by atoms with Crippen molar-refractivity contribution in [1.82, 2.24) is 5.43 Å². The SMILES string of the molecule is CCc1ccc(NC(=NC(C)COC)NN)cc1. The van der Waals surface area contributed by atoms with E-state index in [-0.39, 0.29) is 6.04 Å². The van der Waals surface area contributed by atoms with E-state index in [4.69, 9.17) is 10.6 Å². The number of nitrogens with one attached hydrogen (secondary N) is 2. The van der Waals surface area contributed by atoms with Crippen LogP contribution in [-0.2, 0) is 11.2 Å². The highest BCUT2D eigenvalue weighted by atomic mass is 16.5. The molecule has 0 aromatic heterocycles. The monoisotopic (exact) mass is 250 g/mol. The van der Waals surface area contributed by atoms with Crippen molar-refractivity contribution in [1.29, 1.82) is 0 Å². The molecule has 0 aliphatic carbocycles. The number of hydrazine groups is 1. The van der Waals surface area contributed by atoms with E-state index < -0.39 is 0 Å². The summed E-state index contributed by atoms with van der Waals surface area (Å²) in [5.41, 5.74) is 4.80. The zero-order chi connectivity index (χ0) is 13.4.